The summed E-state index contributed by atoms with van der Waals surface area (Å²) >= 11 is 0. The van der Waals surface area contributed by atoms with Gasteiger partial charge in [0, 0.05) is 64.8 Å². The van der Waals surface area contributed by atoms with Crippen LogP contribution in [0.4, 0.5) is 5.95 Å². The van der Waals surface area contributed by atoms with Crippen LogP contribution in [0, 0.1) is 0 Å². The number of piperidine rings is 1. The minimum absolute atomic E-state index is 0.551. The van der Waals surface area contributed by atoms with Crippen molar-refractivity contribution in [3.05, 3.63) is 54.4 Å². The van der Waals surface area contributed by atoms with Gasteiger partial charge in [-0.25, -0.2) is 9.97 Å². The Bertz CT molecular complexity index is 788. The van der Waals surface area contributed by atoms with E-state index in [4.69, 9.17) is 0 Å². The van der Waals surface area contributed by atoms with Crippen molar-refractivity contribution in [2.24, 2.45) is 4.99 Å². The molecule has 7 nitrogen and oxygen atoms in total. The van der Waals surface area contributed by atoms with Gasteiger partial charge in [-0.2, -0.15) is 0 Å². The predicted octanol–water partition coefficient (Wildman–Crippen LogP) is 2.23. The molecule has 2 saturated heterocycles. The van der Waals surface area contributed by atoms with Crippen LogP contribution >= 0.6 is 0 Å². The van der Waals surface area contributed by atoms with Crippen molar-refractivity contribution in [1.29, 1.82) is 0 Å². The van der Waals surface area contributed by atoms with E-state index in [0.717, 1.165) is 51.2 Å². The Balaban J connectivity index is 1.29. The zero-order valence-corrected chi connectivity index (χ0v) is 18.0. The van der Waals surface area contributed by atoms with E-state index in [1.165, 1.54) is 31.4 Å². The number of hydrogen-bond donors (Lipinski definition) is 1. The van der Waals surface area contributed by atoms with E-state index in [-0.39, 0.29) is 0 Å². The summed E-state index contributed by atoms with van der Waals surface area (Å²) in [6.07, 6.45) is 7.46. The minimum atomic E-state index is 0.551. The van der Waals surface area contributed by atoms with Crippen molar-refractivity contribution in [2.75, 3.05) is 51.2 Å². The molecule has 2 aliphatic rings. The van der Waals surface area contributed by atoms with Gasteiger partial charge in [0.25, 0.3) is 0 Å². The number of aromatic nitrogens is 2. The van der Waals surface area contributed by atoms with Crippen molar-refractivity contribution < 1.29 is 0 Å². The number of nitrogens with zero attached hydrogens (tertiary/aromatic N) is 6. The smallest absolute Gasteiger partial charge is 0.225 e. The average Bonchev–Trinajstić information content (AvgIpc) is 2.82. The van der Waals surface area contributed by atoms with Crippen molar-refractivity contribution in [2.45, 2.75) is 31.8 Å². The predicted molar refractivity (Wildman–Crippen MR) is 122 cm³/mol. The molecule has 30 heavy (non-hydrogen) atoms. The third kappa shape index (κ3) is 5.27. The van der Waals surface area contributed by atoms with Gasteiger partial charge in [-0.05, 0) is 31.0 Å². The van der Waals surface area contributed by atoms with E-state index in [0.29, 0.717) is 6.04 Å². The van der Waals surface area contributed by atoms with Crippen molar-refractivity contribution in [3.8, 4) is 0 Å². The van der Waals surface area contributed by atoms with Crippen molar-refractivity contribution in [1.82, 2.24) is 25.1 Å². The fourth-order valence-corrected chi connectivity index (χ4v) is 4.43. The van der Waals surface area contributed by atoms with E-state index in [9.17, 15) is 0 Å². The van der Waals surface area contributed by atoms with Crippen LogP contribution in [0.1, 0.15) is 24.8 Å². The number of piperazine rings is 1. The molecule has 0 radical (unpaired) electrons. The number of hydrogen-bond acceptors (Lipinski definition) is 5. The summed E-state index contributed by atoms with van der Waals surface area (Å²) < 4.78 is 0. The van der Waals surface area contributed by atoms with Gasteiger partial charge < -0.3 is 15.1 Å². The van der Waals surface area contributed by atoms with Gasteiger partial charge in [0.1, 0.15) is 0 Å². The van der Waals surface area contributed by atoms with Gasteiger partial charge in [-0.15, -0.1) is 0 Å². The van der Waals surface area contributed by atoms with Gasteiger partial charge in [-0.3, -0.25) is 9.89 Å². The maximum atomic E-state index is 4.57. The first-order valence-electron chi connectivity index (χ1n) is 11.1. The highest BCUT2D eigenvalue weighted by atomic mass is 15.4. The quantitative estimate of drug-likeness (QED) is 0.606. The highest BCUT2D eigenvalue weighted by Crippen LogP contribution is 2.19. The lowest BCUT2D eigenvalue weighted by Crippen LogP contribution is -2.55. The molecule has 1 N–H and O–H groups in total. The zero-order valence-electron chi connectivity index (χ0n) is 18.0. The topological polar surface area (TPSA) is 59.9 Å². The lowest BCUT2D eigenvalue weighted by molar-refractivity contribution is 0.140. The number of rotatable bonds is 5. The molecule has 0 amide bonds. The SMILES string of the molecule is CN=C(NCC1CCCCN1Cc1ccccc1)N1CCN(c2ncccn2)CC1. The minimum Gasteiger partial charge on any atom is -0.355 e. The molecule has 0 spiro atoms. The summed E-state index contributed by atoms with van der Waals surface area (Å²) in [6, 6.07) is 13.2. The summed E-state index contributed by atoms with van der Waals surface area (Å²) in [4.78, 5) is 20.5. The molecule has 0 bridgehead atoms. The highest BCUT2D eigenvalue weighted by molar-refractivity contribution is 5.80. The summed E-state index contributed by atoms with van der Waals surface area (Å²) in [7, 11) is 1.89. The second-order valence-corrected chi connectivity index (χ2v) is 8.06. The molecule has 2 fully saturated rings. The molecule has 1 aromatic carbocycles. The molecule has 0 saturated carbocycles. The Morgan fingerprint density at radius 2 is 1.77 bits per heavy atom. The second kappa shape index (κ2) is 10.4. The van der Waals surface area contributed by atoms with Crippen LogP contribution in [0.15, 0.2) is 53.8 Å². The molecule has 1 atom stereocenters. The molecule has 4 rings (SSSR count). The lowest BCUT2D eigenvalue weighted by atomic mass is 10.0. The van der Waals surface area contributed by atoms with Crippen LogP contribution in [0.2, 0.25) is 0 Å². The molecule has 0 aliphatic carbocycles. The molecule has 2 aromatic rings. The van der Waals surface area contributed by atoms with Gasteiger partial charge in [0.05, 0.1) is 0 Å². The largest absolute Gasteiger partial charge is 0.355 e. The van der Waals surface area contributed by atoms with Crippen LogP contribution < -0.4 is 10.2 Å². The molecule has 160 valence electrons. The zero-order chi connectivity index (χ0) is 20.6. The Kier molecular flexibility index (Phi) is 7.13. The van der Waals surface area contributed by atoms with Gasteiger partial charge >= 0.3 is 0 Å². The average molecular weight is 408 g/mol. The maximum absolute atomic E-state index is 4.57. The van der Waals surface area contributed by atoms with Gasteiger partial charge in [-0.1, -0.05) is 36.8 Å². The molecular weight excluding hydrogens is 374 g/mol. The third-order valence-corrected chi connectivity index (χ3v) is 6.10. The first-order valence-corrected chi connectivity index (χ1v) is 11.1. The number of benzene rings is 1. The summed E-state index contributed by atoms with van der Waals surface area (Å²) in [5, 5.41) is 3.66. The fraction of sp³-hybridized carbons (Fsp3) is 0.522. The first-order chi connectivity index (χ1) is 14.8. The molecule has 1 aromatic heterocycles. The normalized spacial score (nSPS) is 21.0. The summed E-state index contributed by atoms with van der Waals surface area (Å²) in [5.41, 5.74) is 1.40. The number of nitrogens with one attached hydrogen (secondary N) is 1. The van der Waals surface area contributed by atoms with Crippen LogP contribution in [0.25, 0.3) is 0 Å². The second-order valence-electron chi connectivity index (χ2n) is 8.06. The van der Waals surface area contributed by atoms with Gasteiger partial charge in [0.2, 0.25) is 5.95 Å². The maximum Gasteiger partial charge on any atom is 0.225 e. The van der Waals surface area contributed by atoms with Gasteiger partial charge in [0.15, 0.2) is 5.96 Å². The Morgan fingerprint density at radius 1 is 1.00 bits per heavy atom. The summed E-state index contributed by atoms with van der Waals surface area (Å²) in [5.74, 6) is 1.83. The van der Waals surface area contributed by atoms with Crippen LogP contribution in [0.3, 0.4) is 0 Å². The van der Waals surface area contributed by atoms with E-state index < -0.39 is 0 Å². The molecule has 7 heteroatoms. The monoisotopic (exact) mass is 407 g/mol. The molecular formula is C23H33N7. The highest BCUT2D eigenvalue weighted by Gasteiger charge is 2.25. The lowest BCUT2D eigenvalue weighted by Gasteiger charge is -2.39. The molecule has 3 heterocycles. The van der Waals surface area contributed by atoms with Crippen molar-refractivity contribution in [3.63, 3.8) is 0 Å². The van der Waals surface area contributed by atoms with Crippen molar-refractivity contribution >= 4 is 11.9 Å². The first kappa shape index (κ1) is 20.6. The number of guanidine groups is 1. The van der Waals surface area contributed by atoms with Crippen LogP contribution in [-0.2, 0) is 6.54 Å². The van der Waals surface area contributed by atoms with E-state index >= 15 is 0 Å². The Morgan fingerprint density at radius 3 is 2.50 bits per heavy atom. The van der Waals surface area contributed by atoms with E-state index in [1.807, 2.05) is 13.1 Å². The summed E-state index contributed by atoms with van der Waals surface area (Å²) in [6.45, 7) is 6.83. The number of likely N-dealkylation sites (tertiary alicyclic amines) is 1. The van der Waals surface area contributed by atoms with E-state index in [2.05, 4.69) is 65.3 Å². The Hall–Kier alpha value is -2.67. The number of anilines is 1. The number of aliphatic imine (C=N–C) groups is 1. The standard InChI is InChI=1S/C23H33N7/c1-24-22(28-14-16-29(17-15-28)23-25-11-7-12-26-23)27-18-21-10-5-6-13-30(21)19-20-8-3-2-4-9-20/h2-4,7-9,11-12,21H,5-6,10,13-19H2,1H3,(H,24,27). The Labute approximate surface area is 179 Å². The fourth-order valence-electron chi connectivity index (χ4n) is 4.43. The van der Waals surface area contributed by atoms with Crippen LogP contribution in [-0.4, -0.2) is 78.1 Å². The molecule has 2 aliphatic heterocycles. The molecule has 1 unspecified atom stereocenters. The van der Waals surface area contributed by atoms with E-state index in [1.54, 1.807) is 12.4 Å². The van der Waals surface area contributed by atoms with Crippen LogP contribution in [0.5, 0.6) is 0 Å². The third-order valence-electron chi connectivity index (χ3n) is 6.10.